The first kappa shape index (κ1) is 26.5. The summed E-state index contributed by atoms with van der Waals surface area (Å²) in [4.78, 5) is 8.35. The van der Waals surface area contributed by atoms with Gasteiger partial charge in [0.05, 0.1) is 0 Å². The number of hydrogen-bond donors (Lipinski definition) is 3. The van der Waals surface area contributed by atoms with Crippen molar-refractivity contribution < 1.29 is 0 Å². The normalized spacial score (nSPS) is 11.5. The van der Waals surface area contributed by atoms with Gasteiger partial charge in [-0.25, -0.2) is 0 Å². The lowest BCUT2D eigenvalue weighted by Crippen LogP contribution is -2.43. The number of unbranched alkanes of at least 4 members (excludes halogenated alkanes) is 9. The number of nitrogens with two attached hydrogens (primary N) is 1. The fourth-order valence-corrected chi connectivity index (χ4v) is 3.25. The second kappa shape index (κ2) is 18.9. The Morgan fingerprint density at radius 1 is 0.821 bits per heavy atom. The molecule has 0 fully saturated rings. The predicted octanol–water partition coefficient (Wildman–Crippen LogP) is 4.41. The highest BCUT2D eigenvalue weighted by Crippen LogP contribution is 2.08. The van der Waals surface area contributed by atoms with Gasteiger partial charge in [0.15, 0.2) is 11.9 Å². The van der Waals surface area contributed by atoms with Crippen LogP contribution in [-0.4, -0.2) is 62.0 Å². The number of rotatable bonds is 17. The van der Waals surface area contributed by atoms with Crippen LogP contribution >= 0.6 is 0 Å². The summed E-state index contributed by atoms with van der Waals surface area (Å²) in [5.41, 5.74) is 5.64. The van der Waals surface area contributed by atoms with E-state index in [0.717, 1.165) is 39.0 Å². The monoisotopic (exact) mass is 396 g/mol. The lowest BCUT2D eigenvalue weighted by molar-refractivity contribution is 0.321. The third-order valence-corrected chi connectivity index (χ3v) is 5.19. The summed E-state index contributed by atoms with van der Waals surface area (Å²) in [6.45, 7) is 8.39. The zero-order chi connectivity index (χ0) is 21.0. The number of aliphatic imine (C=N–C) groups is 1. The van der Waals surface area contributed by atoms with E-state index >= 15 is 0 Å². The van der Waals surface area contributed by atoms with Gasteiger partial charge in [-0.2, -0.15) is 0 Å². The molecule has 0 spiro atoms. The Morgan fingerprint density at radius 3 is 1.86 bits per heavy atom. The van der Waals surface area contributed by atoms with Crippen molar-refractivity contribution in [2.45, 2.75) is 90.9 Å². The average Bonchev–Trinajstić information content (AvgIpc) is 2.71. The lowest BCUT2D eigenvalue weighted by atomic mass is 10.1. The molecule has 0 aromatic heterocycles. The maximum Gasteiger partial charge on any atom is 0.193 e. The molecular weight excluding hydrogens is 348 g/mol. The van der Waals surface area contributed by atoms with Crippen molar-refractivity contribution in [3.05, 3.63) is 0 Å². The standard InChI is InChI=1S/C22H48N6/c1-5-7-9-14-18-27(4)22(24)28(19-15-10-8-6-2)20-16-12-11-13-17-26-21(23)25-3/h24H,5-20H2,1-4H3,(H3,23,25,26). The molecule has 6 heteroatoms. The van der Waals surface area contributed by atoms with Crippen LogP contribution < -0.4 is 11.1 Å². The van der Waals surface area contributed by atoms with Gasteiger partial charge in [0.2, 0.25) is 0 Å². The van der Waals surface area contributed by atoms with Gasteiger partial charge in [0, 0.05) is 40.3 Å². The third kappa shape index (κ3) is 14.6. The van der Waals surface area contributed by atoms with Gasteiger partial charge in [-0.1, -0.05) is 65.2 Å². The molecule has 0 aliphatic rings. The van der Waals surface area contributed by atoms with Crippen LogP contribution in [0, 0.1) is 5.41 Å². The Labute approximate surface area is 174 Å². The maximum atomic E-state index is 8.64. The summed E-state index contributed by atoms with van der Waals surface area (Å²) < 4.78 is 0. The first-order valence-corrected chi connectivity index (χ1v) is 11.6. The number of nitrogens with zero attached hydrogens (tertiary/aromatic N) is 3. The summed E-state index contributed by atoms with van der Waals surface area (Å²) in [5.74, 6) is 1.23. The summed E-state index contributed by atoms with van der Waals surface area (Å²) in [5, 5.41) is 11.8. The van der Waals surface area contributed by atoms with Crippen molar-refractivity contribution in [1.82, 2.24) is 15.1 Å². The smallest absolute Gasteiger partial charge is 0.193 e. The van der Waals surface area contributed by atoms with Crippen LogP contribution in [0.4, 0.5) is 0 Å². The van der Waals surface area contributed by atoms with Gasteiger partial charge in [0.25, 0.3) is 0 Å². The Balaban J connectivity index is 4.21. The van der Waals surface area contributed by atoms with E-state index in [1.54, 1.807) is 7.05 Å². The molecule has 166 valence electrons. The van der Waals surface area contributed by atoms with E-state index in [9.17, 15) is 0 Å². The van der Waals surface area contributed by atoms with Gasteiger partial charge in [0.1, 0.15) is 0 Å². The van der Waals surface area contributed by atoms with Gasteiger partial charge >= 0.3 is 0 Å². The molecule has 0 aliphatic carbocycles. The summed E-state index contributed by atoms with van der Waals surface area (Å²) >= 11 is 0. The molecule has 4 N–H and O–H groups in total. The van der Waals surface area contributed by atoms with Crippen LogP contribution in [0.5, 0.6) is 0 Å². The number of guanidine groups is 2. The maximum absolute atomic E-state index is 8.64. The zero-order valence-corrected chi connectivity index (χ0v) is 19.2. The molecule has 28 heavy (non-hydrogen) atoms. The van der Waals surface area contributed by atoms with Gasteiger partial charge < -0.3 is 20.9 Å². The molecule has 0 aromatic rings. The van der Waals surface area contributed by atoms with Crippen LogP contribution in [0.1, 0.15) is 90.9 Å². The molecule has 0 unspecified atom stereocenters. The van der Waals surface area contributed by atoms with Crippen molar-refractivity contribution in [1.29, 1.82) is 5.41 Å². The van der Waals surface area contributed by atoms with E-state index in [2.05, 4.69) is 41.0 Å². The third-order valence-electron chi connectivity index (χ3n) is 5.19. The van der Waals surface area contributed by atoms with Crippen LogP contribution in [0.25, 0.3) is 0 Å². The fourth-order valence-electron chi connectivity index (χ4n) is 3.25. The highest BCUT2D eigenvalue weighted by molar-refractivity contribution is 5.77. The van der Waals surface area contributed by atoms with E-state index in [-0.39, 0.29) is 0 Å². The highest BCUT2D eigenvalue weighted by atomic mass is 15.3. The largest absolute Gasteiger partial charge is 0.370 e. The zero-order valence-electron chi connectivity index (χ0n) is 19.2. The fraction of sp³-hybridized carbons (Fsp3) is 0.909. The number of hydrogen-bond acceptors (Lipinski definition) is 2. The molecule has 0 aromatic carbocycles. The minimum atomic E-state index is 0.522. The highest BCUT2D eigenvalue weighted by Gasteiger charge is 2.13. The van der Waals surface area contributed by atoms with E-state index in [1.807, 2.05) is 0 Å². The van der Waals surface area contributed by atoms with Gasteiger partial charge in [-0.15, -0.1) is 0 Å². The molecule has 0 saturated carbocycles. The van der Waals surface area contributed by atoms with Crippen LogP contribution in [0.2, 0.25) is 0 Å². The molecule has 0 saturated heterocycles. The molecular formula is C22H48N6. The van der Waals surface area contributed by atoms with Crippen molar-refractivity contribution in [2.24, 2.45) is 10.7 Å². The van der Waals surface area contributed by atoms with Crippen molar-refractivity contribution in [2.75, 3.05) is 40.3 Å². The predicted molar refractivity (Wildman–Crippen MR) is 124 cm³/mol. The Bertz CT molecular complexity index is 396. The molecule has 0 rings (SSSR count). The Kier molecular flexibility index (Phi) is 17.9. The van der Waals surface area contributed by atoms with Gasteiger partial charge in [-0.05, 0) is 25.7 Å². The quantitative estimate of drug-likeness (QED) is 0.193. The molecule has 0 amide bonds. The number of nitrogens with one attached hydrogen (secondary N) is 2. The van der Waals surface area contributed by atoms with E-state index in [4.69, 9.17) is 11.1 Å². The SMILES string of the molecule is CCCCCCN(C)C(=N)N(CCCCCC)CCCCCCNC(N)=NC. The Hall–Kier alpha value is -1.46. The lowest BCUT2D eigenvalue weighted by Gasteiger charge is -2.31. The molecule has 0 radical (unpaired) electrons. The van der Waals surface area contributed by atoms with E-state index in [1.165, 1.54) is 64.2 Å². The van der Waals surface area contributed by atoms with Gasteiger partial charge in [-0.3, -0.25) is 10.4 Å². The van der Waals surface area contributed by atoms with Crippen LogP contribution in [0.15, 0.2) is 4.99 Å². The van der Waals surface area contributed by atoms with Crippen LogP contribution in [0.3, 0.4) is 0 Å². The first-order chi connectivity index (χ1) is 13.6. The second-order valence-corrected chi connectivity index (χ2v) is 7.80. The molecule has 0 heterocycles. The molecule has 0 aliphatic heterocycles. The Morgan fingerprint density at radius 2 is 1.32 bits per heavy atom. The minimum absolute atomic E-state index is 0.522. The summed E-state index contributed by atoms with van der Waals surface area (Å²) in [6, 6.07) is 0. The van der Waals surface area contributed by atoms with E-state index < -0.39 is 0 Å². The summed E-state index contributed by atoms with van der Waals surface area (Å²) in [7, 11) is 3.78. The second-order valence-electron chi connectivity index (χ2n) is 7.80. The van der Waals surface area contributed by atoms with Crippen molar-refractivity contribution in [3.8, 4) is 0 Å². The minimum Gasteiger partial charge on any atom is -0.370 e. The average molecular weight is 397 g/mol. The topological polar surface area (TPSA) is 80.7 Å². The molecule has 0 bridgehead atoms. The van der Waals surface area contributed by atoms with Crippen molar-refractivity contribution in [3.63, 3.8) is 0 Å². The molecule has 6 nitrogen and oxygen atoms in total. The van der Waals surface area contributed by atoms with E-state index in [0.29, 0.717) is 11.9 Å². The summed E-state index contributed by atoms with van der Waals surface area (Å²) in [6.07, 6.45) is 14.7. The van der Waals surface area contributed by atoms with Crippen molar-refractivity contribution >= 4 is 11.9 Å². The van der Waals surface area contributed by atoms with Crippen LogP contribution in [-0.2, 0) is 0 Å². The first-order valence-electron chi connectivity index (χ1n) is 11.6. The molecule has 0 atom stereocenters.